The summed E-state index contributed by atoms with van der Waals surface area (Å²) in [5.74, 6) is -0.163. The molecule has 2 aromatic rings. The Morgan fingerprint density at radius 1 is 1.12 bits per heavy atom. The minimum atomic E-state index is -3.58. The van der Waals surface area contributed by atoms with E-state index in [1.807, 2.05) is 20.8 Å². The van der Waals surface area contributed by atoms with Crippen LogP contribution < -0.4 is 9.62 Å². The minimum absolute atomic E-state index is 0.0316. The van der Waals surface area contributed by atoms with Crippen molar-refractivity contribution in [3.63, 3.8) is 0 Å². The van der Waals surface area contributed by atoms with Crippen LogP contribution in [0, 0.1) is 6.92 Å². The van der Waals surface area contributed by atoms with Gasteiger partial charge in [-0.3, -0.25) is 9.10 Å². The zero-order valence-electron chi connectivity index (χ0n) is 14.1. The predicted octanol–water partition coefficient (Wildman–Crippen LogP) is 2.94. The molecule has 0 fully saturated rings. The minimum Gasteiger partial charge on any atom is -0.350 e. The topological polar surface area (TPSA) is 66.5 Å². The van der Waals surface area contributed by atoms with Gasteiger partial charge in [-0.2, -0.15) is 0 Å². The normalized spacial score (nSPS) is 15.0. The Hall–Kier alpha value is -2.34. The van der Waals surface area contributed by atoms with Gasteiger partial charge in [0, 0.05) is 29.8 Å². The van der Waals surface area contributed by atoms with E-state index in [2.05, 4.69) is 5.32 Å². The highest BCUT2D eigenvalue weighted by atomic mass is 32.2. The molecular formula is C18H20N2O3S. The van der Waals surface area contributed by atoms with Crippen LogP contribution in [0.3, 0.4) is 0 Å². The molecule has 0 aromatic heterocycles. The van der Waals surface area contributed by atoms with E-state index < -0.39 is 10.0 Å². The first kappa shape index (κ1) is 16.5. The van der Waals surface area contributed by atoms with Crippen LogP contribution in [0.15, 0.2) is 41.3 Å². The monoisotopic (exact) mass is 344 g/mol. The first-order valence-electron chi connectivity index (χ1n) is 7.77. The van der Waals surface area contributed by atoms with Crippen LogP contribution in [0.5, 0.6) is 0 Å². The Morgan fingerprint density at radius 2 is 1.79 bits per heavy atom. The number of benzene rings is 2. The van der Waals surface area contributed by atoms with E-state index in [9.17, 15) is 13.2 Å². The zero-order chi connectivity index (χ0) is 17.6. The Balaban J connectivity index is 2.27. The Labute approximate surface area is 142 Å². The highest BCUT2D eigenvalue weighted by Gasteiger charge is 2.33. The molecule has 5 nitrogen and oxygen atoms in total. The Bertz CT molecular complexity index is 933. The van der Waals surface area contributed by atoms with Crippen LogP contribution >= 0.6 is 0 Å². The van der Waals surface area contributed by atoms with Gasteiger partial charge in [-0.05, 0) is 44.5 Å². The summed E-state index contributed by atoms with van der Waals surface area (Å²) in [6.45, 7) is 5.63. The van der Waals surface area contributed by atoms with Crippen LogP contribution in [0.25, 0.3) is 11.1 Å². The second-order valence-corrected chi connectivity index (χ2v) is 8.22. The molecule has 0 unspecified atom stereocenters. The second kappa shape index (κ2) is 5.63. The lowest BCUT2D eigenvalue weighted by Crippen LogP contribution is -2.32. The molecule has 1 aliphatic heterocycles. The third-order valence-corrected chi connectivity index (χ3v) is 5.93. The van der Waals surface area contributed by atoms with Gasteiger partial charge in [0.05, 0.1) is 10.6 Å². The predicted molar refractivity (Wildman–Crippen MR) is 94.8 cm³/mol. The maximum absolute atomic E-state index is 12.7. The zero-order valence-corrected chi connectivity index (χ0v) is 14.9. The summed E-state index contributed by atoms with van der Waals surface area (Å²) in [5.41, 5.74) is 3.30. The van der Waals surface area contributed by atoms with Gasteiger partial charge in [0.15, 0.2) is 0 Å². The standard InChI is InChI=1S/C18H20N2O3S/c1-11(2)19-18(21)13-9-12(3)17-15(10-13)14-7-5-6-8-16(14)24(22,23)20(17)4/h5-11H,1-4H3,(H,19,21). The van der Waals surface area contributed by atoms with Gasteiger partial charge in [-0.15, -0.1) is 0 Å². The molecule has 6 heteroatoms. The first-order valence-corrected chi connectivity index (χ1v) is 9.21. The van der Waals surface area contributed by atoms with Crippen molar-refractivity contribution in [1.29, 1.82) is 0 Å². The number of carbonyl (C=O) groups excluding carboxylic acids is 1. The molecule has 0 radical (unpaired) electrons. The molecule has 1 amide bonds. The average Bonchev–Trinajstić information content (AvgIpc) is 2.51. The molecule has 24 heavy (non-hydrogen) atoms. The third kappa shape index (κ3) is 2.47. The van der Waals surface area contributed by atoms with E-state index in [4.69, 9.17) is 0 Å². The number of carbonyl (C=O) groups is 1. The fraction of sp³-hybridized carbons (Fsp3) is 0.278. The summed E-state index contributed by atoms with van der Waals surface area (Å²) >= 11 is 0. The van der Waals surface area contributed by atoms with Gasteiger partial charge in [0.2, 0.25) is 0 Å². The van der Waals surface area contributed by atoms with Crippen molar-refractivity contribution in [2.45, 2.75) is 31.7 Å². The van der Waals surface area contributed by atoms with E-state index >= 15 is 0 Å². The molecule has 126 valence electrons. The van der Waals surface area contributed by atoms with Gasteiger partial charge in [-0.1, -0.05) is 18.2 Å². The number of nitrogens with one attached hydrogen (secondary N) is 1. The summed E-state index contributed by atoms with van der Waals surface area (Å²) in [6, 6.07) is 10.4. The molecule has 0 spiro atoms. The molecule has 1 heterocycles. The molecule has 0 aliphatic carbocycles. The second-order valence-electron chi connectivity index (χ2n) is 6.29. The third-order valence-electron chi connectivity index (χ3n) is 4.11. The lowest BCUT2D eigenvalue weighted by Gasteiger charge is -2.31. The van der Waals surface area contributed by atoms with Crippen molar-refractivity contribution in [1.82, 2.24) is 5.32 Å². The van der Waals surface area contributed by atoms with E-state index in [1.54, 1.807) is 43.4 Å². The molecule has 1 aliphatic rings. The SMILES string of the molecule is Cc1cc(C(=O)NC(C)C)cc2c1N(C)S(=O)(=O)c1ccccc1-2. The largest absolute Gasteiger partial charge is 0.350 e. The quantitative estimate of drug-likeness (QED) is 0.911. The highest BCUT2D eigenvalue weighted by Crippen LogP contribution is 2.44. The molecule has 1 N–H and O–H groups in total. The number of sulfonamides is 1. The van der Waals surface area contributed by atoms with Crippen molar-refractivity contribution in [3.05, 3.63) is 47.5 Å². The highest BCUT2D eigenvalue weighted by molar-refractivity contribution is 7.93. The summed E-state index contributed by atoms with van der Waals surface area (Å²) in [7, 11) is -2.03. The summed E-state index contributed by atoms with van der Waals surface area (Å²) in [5, 5.41) is 2.87. The fourth-order valence-corrected chi connectivity index (χ4v) is 4.55. The van der Waals surface area contributed by atoms with E-state index in [1.165, 1.54) is 4.31 Å². The van der Waals surface area contributed by atoms with Gasteiger partial charge >= 0.3 is 0 Å². The average molecular weight is 344 g/mol. The van der Waals surface area contributed by atoms with Crippen LogP contribution in [0.2, 0.25) is 0 Å². The van der Waals surface area contributed by atoms with Crippen LogP contribution in [-0.4, -0.2) is 27.4 Å². The lowest BCUT2D eigenvalue weighted by atomic mass is 9.96. The van der Waals surface area contributed by atoms with Crippen LogP contribution in [0.1, 0.15) is 29.8 Å². The van der Waals surface area contributed by atoms with Crippen molar-refractivity contribution >= 4 is 21.6 Å². The van der Waals surface area contributed by atoms with E-state index in [0.29, 0.717) is 16.8 Å². The maximum Gasteiger partial charge on any atom is 0.264 e. The van der Waals surface area contributed by atoms with Crippen molar-refractivity contribution in [2.24, 2.45) is 0 Å². The van der Waals surface area contributed by atoms with Crippen molar-refractivity contribution < 1.29 is 13.2 Å². The molecule has 0 bridgehead atoms. The molecule has 0 saturated carbocycles. The maximum atomic E-state index is 12.7. The van der Waals surface area contributed by atoms with E-state index in [-0.39, 0.29) is 16.8 Å². The number of hydrogen-bond donors (Lipinski definition) is 1. The number of hydrogen-bond acceptors (Lipinski definition) is 3. The van der Waals surface area contributed by atoms with Crippen LogP contribution in [0.4, 0.5) is 5.69 Å². The lowest BCUT2D eigenvalue weighted by molar-refractivity contribution is 0.0943. The van der Waals surface area contributed by atoms with Gasteiger partial charge in [0.1, 0.15) is 0 Å². The number of nitrogens with zero attached hydrogens (tertiary/aromatic N) is 1. The van der Waals surface area contributed by atoms with Crippen LogP contribution in [-0.2, 0) is 10.0 Å². The van der Waals surface area contributed by atoms with Gasteiger partial charge in [0.25, 0.3) is 15.9 Å². The first-order chi connectivity index (χ1) is 11.2. The molecule has 2 aromatic carbocycles. The summed E-state index contributed by atoms with van der Waals surface area (Å²) in [6.07, 6.45) is 0. The number of amides is 1. The number of aryl methyl sites for hydroxylation is 1. The smallest absolute Gasteiger partial charge is 0.264 e. The van der Waals surface area contributed by atoms with E-state index in [0.717, 1.165) is 11.1 Å². The molecule has 0 saturated heterocycles. The van der Waals surface area contributed by atoms with Gasteiger partial charge < -0.3 is 5.32 Å². The number of anilines is 1. The van der Waals surface area contributed by atoms with Gasteiger partial charge in [-0.25, -0.2) is 8.42 Å². The summed E-state index contributed by atoms with van der Waals surface area (Å²) < 4.78 is 26.8. The van der Waals surface area contributed by atoms with Crippen molar-refractivity contribution in [3.8, 4) is 11.1 Å². The van der Waals surface area contributed by atoms with Crippen molar-refractivity contribution in [2.75, 3.05) is 11.4 Å². The molecule has 0 atom stereocenters. The summed E-state index contributed by atoms with van der Waals surface area (Å²) in [4.78, 5) is 12.6. The molecule has 3 rings (SSSR count). The number of rotatable bonds is 2. The fourth-order valence-electron chi connectivity index (χ4n) is 3.06. The number of fused-ring (bicyclic) bond motifs is 3. The Morgan fingerprint density at radius 3 is 2.46 bits per heavy atom. The molecular weight excluding hydrogens is 324 g/mol. The Kier molecular flexibility index (Phi) is 3.87.